The first kappa shape index (κ1) is 12.5. The molecule has 1 aromatic carbocycles. The maximum Gasteiger partial charge on any atom is 0.207 e. The SMILES string of the molecule is CCOc1c(C)cc(OC)c(OC)c1OC. The quantitative estimate of drug-likeness (QED) is 0.772. The maximum absolute atomic E-state index is 5.54. The van der Waals surface area contributed by atoms with Crippen LogP contribution in [0.25, 0.3) is 0 Å². The summed E-state index contributed by atoms with van der Waals surface area (Å²) in [5.41, 5.74) is 0.955. The van der Waals surface area contributed by atoms with E-state index in [1.165, 1.54) is 0 Å². The number of methoxy groups -OCH3 is 3. The van der Waals surface area contributed by atoms with Gasteiger partial charge in [-0.15, -0.1) is 0 Å². The van der Waals surface area contributed by atoms with Crippen LogP contribution in [-0.4, -0.2) is 27.9 Å². The molecule has 0 heterocycles. The van der Waals surface area contributed by atoms with Crippen molar-refractivity contribution < 1.29 is 18.9 Å². The Balaban J connectivity index is 3.38. The van der Waals surface area contributed by atoms with Gasteiger partial charge in [0.1, 0.15) is 0 Å². The summed E-state index contributed by atoms with van der Waals surface area (Å²) in [4.78, 5) is 0. The van der Waals surface area contributed by atoms with Crippen molar-refractivity contribution in [1.82, 2.24) is 0 Å². The lowest BCUT2D eigenvalue weighted by atomic mass is 10.1. The third-order valence-electron chi connectivity index (χ3n) is 2.26. The van der Waals surface area contributed by atoms with E-state index in [2.05, 4.69) is 0 Å². The molecule has 0 N–H and O–H groups in total. The van der Waals surface area contributed by atoms with Crippen molar-refractivity contribution in [2.24, 2.45) is 0 Å². The smallest absolute Gasteiger partial charge is 0.207 e. The number of hydrogen-bond donors (Lipinski definition) is 0. The van der Waals surface area contributed by atoms with Crippen LogP contribution in [0.3, 0.4) is 0 Å². The van der Waals surface area contributed by atoms with Crippen molar-refractivity contribution in [1.29, 1.82) is 0 Å². The molecular formula is C12H18O4. The fourth-order valence-corrected chi connectivity index (χ4v) is 1.58. The summed E-state index contributed by atoms with van der Waals surface area (Å²) in [6, 6.07) is 1.87. The molecule has 1 aromatic rings. The van der Waals surface area contributed by atoms with E-state index in [4.69, 9.17) is 18.9 Å². The molecule has 0 aliphatic carbocycles. The highest BCUT2D eigenvalue weighted by Gasteiger charge is 2.19. The first-order valence-electron chi connectivity index (χ1n) is 5.11. The van der Waals surface area contributed by atoms with E-state index < -0.39 is 0 Å². The van der Waals surface area contributed by atoms with Crippen molar-refractivity contribution in [2.45, 2.75) is 13.8 Å². The van der Waals surface area contributed by atoms with Gasteiger partial charge in [-0.25, -0.2) is 0 Å². The van der Waals surface area contributed by atoms with Gasteiger partial charge in [0.05, 0.1) is 27.9 Å². The number of benzene rings is 1. The molecule has 90 valence electrons. The average Bonchev–Trinajstić information content (AvgIpc) is 2.30. The van der Waals surface area contributed by atoms with Crippen molar-refractivity contribution in [2.75, 3.05) is 27.9 Å². The van der Waals surface area contributed by atoms with Crippen molar-refractivity contribution in [3.05, 3.63) is 11.6 Å². The highest BCUT2D eigenvalue weighted by atomic mass is 16.5. The van der Waals surface area contributed by atoms with Crippen LogP contribution in [0.5, 0.6) is 23.0 Å². The van der Waals surface area contributed by atoms with Crippen LogP contribution >= 0.6 is 0 Å². The molecule has 0 aromatic heterocycles. The summed E-state index contributed by atoms with van der Waals surface area (Å²) < 4.78 is 21.4. The van der Waals surface area contributed by atoms with Crippen molar-refractivity contribution in [3.8, 4) is 23.0 Å². The average molecular weight is 226 g/mol. The largest absolute Gasteiger partial charge is 0.493 e. The second-order valence-corrected chi connectivity index (χ2v) is 3.22. The van der Waals surface area contributed by atoms with Gasteiger partial charge in [-0.3, -0.25) is 0 Å². The van der Waals surface area contributed by atoms with Crippen molar-refractivity contribution >= 4 is 0 Å². The number of ether oxygens (including phenoxy) is 4. The van der Waals surface area contributed by atoms with E-state index >= 15 is 0 Å². The molecule has 0 radical (unpaired) electrons. The van der Waals surface area contributed by atoms with Crippen LogP contribution < -0.4 is 18.9 Å². The first-order valence-corrected chi connectivity index (χ1v) is 5.11. The Kier molecular flexibility index (Phi) is 4.28. The van der Waals surface area contributed by atoms with Gasteiger partial charge in [0.2, 0.25) is 11.5 Å². The van der Waals surface area contributed by atoms with E-state index in [0.717, 1.165) is 5.56 Å². The standard InChI is InChI=1S/C12H18O4/c1-6-16-10-8(2)7-9(13-3)11(14-4)12(10)15-5/h7H,6H2,1-5H3. The third-order valence-corrected chi connectivity index (χ3v) is 2.26. The van der Waals surface area contributed by atoms with Crippen LogP contribution in [0.1, 0.15) is 12.5 Å². The number of aryl methyl sites for hydroxylation is 1. The van der Waals surface area contributed by atoms with E-state index in [1.54, 1.807) is 21.3 Å². The number of hydrogen-bond acceptors (Lipinski definition) is 4. The van der Waals surface area contributed by atoms with Crippen LogP contribution in [0.2, 0.25) is 0 Å². The zero-order valence-corrected chi connectivity index (χ0v) is 10.4. The Bertz CT molecular complexity index is 361. The van der Waals surface area contributed by atoms with Crippen LogP contribution in [0, 0.1) is 6.92 Å². The van der Waals surface area contributed by atoms with Gasteiger partial charge in [0.15, 0.2) is 11.5 Å². The minimum Gasteiger partial charge on any atom is -0.493 e. The van der Waals surface area contributed by atoms with Gasteiger partial charge in [0, 0.05) is 0 Å². The molecule has 1 rings (SSSR count). The van der Waals surface area contributed by atoms with Crippen LogP contribution in [-0.2, 0) is 0 Å². The predicted molar refractivity (Wildman–Crippen MR) is 62.0 cm³/mol. The summed E-state index contributed by atoms with van der Waals surface area (Å²) in [7, 11) is 4.75. The summed E-state index contributed by atoms with van der Waals surface area (Å²) in [5.74, 6) is 2.46. The molecule has 0 unspecified atom stereocenters. The highest BCUT2D eigenvalue weighted by molar-refractivity contribution is 5.62. The lowest BCUT2D eigenvalue weighted by Gasteiger charge is -2.17. The Morgan fingerprint density at radius 1 is 0.938 bits per heavy atom. The lowest BCUT2D eigenvalue weighted by Crippen LogP contribution is -2.01. The second kappa shape index (κ2) is 5.49. The molecular weight excluding hydrogens is 208 g/mol. The monoisotopic (exact) mass is 226 g/mol. The van der Waals surface area contributed by atoms with Crippen LogP contribution in [0.15, 0.2) is 6.07 Å². The first-order chi connectivity index (χ1) is 7.69. The summed E-state index contributed by atoms with van der Waals surface area (Å²) in [5, 5.41) is 0. The normalized spacial score (nSPS) is 9.81. The third kappa shape index (κ3) is 2.15. The Morgan fingerprint density at radius 2 is 1.56 bits per heavy atom. The molecule has 4 heteroatoms. The van der Waals surface area contributed by atoms with Gasteiger partial charge in [-0.2, -0.15) is 0 Å². The van der Waals surface area contributed by atoms with Gasteiger partial charge < -0.3 is 18.9 Å². The molecule has 0 fully saturated rings. The Morgan fingerprint density at radius 3 is 2.00 bits per heavy atom. The van der Waals surface area contributed by atoms with E-state index in [-0.39, 0.29) is 0 Å². The molecule has 0 atom stereocenters. The molecule has 0 bridgehead atoms. The van der Waals surface area contributed by atoms with Gasteiger partial charge in [-0.1, -0.05) is 0 Å². The summed E-state index contributed by atoms with van der Waals surface area (Å²) in [6.45, 7) is 4.44. The Hall–Kier alpha value is -1.58. The predicted octanol–water partition coefficient (Wildman–Crippen LogP) is 2.42. The fraction of sp³-hybridized carbons (Fsp3) is 0.500. The number of rotatable bonds is 5. The minimum absolute atomic E-state index is 0.555. The minimum atomic E-state index is 0.555. The molecule has 0 aliphatic rings. The maximum atomic E-state index is 5.54. The van der Waals surface area contributed by atoms with Crippen molar-refractivity contribution in [3.63, 3.8) is 0 Å². The van der Waals surface area contributed by atoms with Crippen LogP contribution in [0.4, 0.5) is 0 Å². The van der Waals surface area contributed by atoms with E-state index in [0.29, 0.717) is 29.6 Å². The summed E-state index contributed by atoms with van der Waals surface area (Å²) in [6.07, 6.45) is 0. The van der Waals surface area contributed by atoms with E-state index in [9.17, 15) is 0 Å². The topological polar surface area (TPSA) is 36.9 Å². The van der Waals surface area contributed by atoms with E-state index in [1.807, 2.05) is 19.9 Å². The summed E-state index contributed by atoms with van der Waals surface area (Å²) >= 11 is 0. The molecule has 0 aliphatic heterocycles. The molecule has 0 amide bonds. The van der Waals surface area contributed by atoms with Gasteiger partial charge >= 0.3 is 0 Å². The zero-order valence-electron chi connectivity index (χ0n) is 10.4. The molecule has 4 nitrogen and oxygen atoms in total. The Labute approximate surface area is 96.1 Å². The lowest BCUT2D eigenvalue weighted by molar-refractivity contribution is 0.285. The highest BCUT2D eigenvalue weighted by Crippen LogP contribution is 2.46. The van der Waals surface area contributed by atoms with Gasteiger partial charge in [0.25, 0.3) is 0 Å². The van der Waals surface area contributed by atoms with Gasteiger partial charge in [-0.05, 0) is 25.5 Å². The molecule has 0 saturated carbocycles. The fourth-order valence-electron chi connectivity index (χ4n) is 1.58. The zero-order chi connectivity index (χ0) is 12.1. The molecule has 16 heavy (non-hydrogen) atoms. The second-order valence-electron chi connectivity index (χ2n) is 3.22. The molecule has 0 saturated heterocycles. The molecule has 0 spiro atoms.